The number of carbonyl (C=O) groups is 1. The lowest BCUT2D eigenvalue weighted by molar-refractivity contribution is -0.120. The third-order valence-corrected chi connectivity index (χ3v) is 6.29. The van der Waals surface area contributed by atoms with Crippen molar-refractivity contribution in [1.29, 1.82) is 0 Å². The van der Waals surface area contributed by atoms with Gasteiger partial charge in [-0.3, -0.25) is 4.79 Å². The van der Waals surface area contributed by atoms with Gasteiger partial charge in [-0.2, -0.15) is 4.31 Å². The maximum Gasteiger partial charge on any atom is 0.246 e. The third-order valence-electron chi connectivity index (χ3n) is 4.35. The average molecular weight is 406 g/mol. The number of nitrogens with zero attached hydrogens (tertiary/aromatic N) is 1. The Bertz CT molecular complexity index is 731. The van der Waals surface area contributed by atoms with Gasteiger partial charge in [-0.05, 0) is 25.0 Å². The van der Waals surface area contributed by atoms with Crippen LogP contribution in [0.25, 0.3) is 0 Å². The number of rotatable bonds is 5. The molecule has 146 valence electrons. The van der Waals surface area contributed by atoms with Crippen molar-refractivity contribution < 1.29 is 22.7 Å². The first-order valence-electron chi connectivity index (χ1n) is 8.32. The zero-order valence-corrected chi connectivity index (χ0v) is 16.2. The molecule has 2 aliphatic rings. The summed E-state index contributed by atoms with van der Waals surface area (Å²) in [6, 6.07) is 4.16. The number of amides is 1. The fourth-order valence-electron chi connectivity index (χ4n) is 2.99. The van der Waals surface area contributed by atoms with Crippen LogP contribution < -0.4 is 15.4 Å². The fraction of sp³-hybridized carbons (Fsp3) is 0.562. The van der Waals surface area contributed by atoms with Crippen LogP contribution in [0.2, 0.25) is 0 Å². The number of hydrogen-bond acceptors (Lipinski definition) is 6. The number of hydrogen-bond donors (Lipinski definition) is 2. The minimum atomic E-state index is -3.58. The van der Waals surface area contributed by atoms with Gasteiger partial charge in [-0.1, -0.05) is 0 Å². The molecule has 2 heterocycles. The fourth-order valence-corrected chi connectivity index (χ4v) is 4.64. The molecule has 1 aromatic rings. The lowest BCUT2D eigenvalue weighted by Crippen LogP contribution is -2.48. The molecule has 26 heavy (non-hydrogen) atoms. The molecule has 1 amide bonds. The quantitative estimate of drug-likeness (QED) is 0.753. The molecule has 2 aliphatic heterocycles. The lowest BCUT2D eigenvalue weighted by atomic mass is 10.2. The van der Waals surface area contributed by atoms with Crippen LogP contribution in [0.3, 0.4) is 0 Å². The zero-order chi connectivity index (χ0) is 17.9. The first-order chi connectivity index (χ1) is 12.0. The number of nitrogens with one attached hydrogen (secondary N) is 2. The summed E-state index contributed by atoms with van der Waals surface area (Å²) < 4.78 is 37.5. The molecule has 0 aromatic heterocycles. The van der Waals surface area contributed by atoms with Crippen LogP contribution in [0.1, 0.15) is 12.8 Å². The topological polar surface area (TPSA) is 97.0 Å². The van der Waals surface area contributed by atoms with E-state index < -0.39 is 16.1 Å². The second-order valence-electron chi connectivity index (χ2n) is 6.05. The Balaban J connectivity index is 0.00000243. The Morgan fingerprint density at radius 3 is 2.69 bits per heavy atom. The Kier molecular flexibility index (Phi) is 7.24. The number of methoxy groups -OCH3 is 1. The van der Waals surface area contributed by atoms with Crippen LogP contribution in [-0.4, -0.2) is 64.6 Å². The van der Waals surface area contributed by atoms with Gasteiger partial charge in [0.15, 0.2) is 0 Å². The van der Waals surface area contributed by atoms with Crippen molar-refractivity contribution in [1.82, 2.24) is 9.62 Å². The van der Waals surface area contributed by atoms with E-state index in [1.54, 1.807) is 6.07 Å². The van der Waals surface area contributed by atoms with E-state index >= 15 is 0 Å². The van der Waals surface area contributed by atoms with Crippen LogP contribution in [-0.2, 0) is 19.6 Å². The number of anilines is 1. The number of benzene rings is 1. The minimum absolute atomic E-state index is 0. The SMILES string of the molecule is COc1cc(NC(=O)C2COCCN2)ccc1S(=O)(=O)N1CCCC1.Cl. The Morgan fingerprint density at radius 1 is 1.35 bits per heavy atom. The van der Waals surface area contributed by atoms with Crippen molar-refractivity contribution in [3.63, 3.8) is 0 Å². The van der Waals surface area contributed by atoms with E-state index in [0.29, 0.717) is 38.5 Å². The zero-order valence-electron chi connectivity index (χ0n) is 14.6. The molecule has 8 nitrogen and oxygen atoms in total. The molecular weight excluding hydrogens is 382 g/mol. The van der Waals surface area contributed by atoms with Crippen molar-refractivity contribution in [3.05, 3.63) is 18.2 Å². The van der Waals surface area contributed by atoms with Gasteiger partial charge in [0.2, 0.25) is 15.9 Å². The van der Waals surface area contributed by atoms with Crippen LogP contribution >= 0.6 is 12.4 Å². The van der Waals surface area contributed by atoms with E-state index in [1.165, 1.54) is 23.5 Å². The summed E-state index contributed by atoms with van der Waals surface area (Å²) in [5.74, 6) is -0.00513. The highest BCUT2D eigenvalue weighted by Crippen LogP contribution is 2.31. The maximum atomic E-state index is 12.7. The summed E-state index contributed by atoms with van der Waals surface area (Å²) in [4.78, 5) is 12.4. The van der Waals surface area contributed by atoms with Crippen molar-refractivity contribution in [3.8, 4) is 5.75 Å². The van der Waals surface area contributed by atoms with Gasteiger partial charge >= 0.3 is 0 Å². The van der Waals surface area contributed by atoms with E-state index in [-0.39, 0.29) is 29.0 Å². The van der Waals surface area contributed by atoms with Crippen molar-refractivity contribution in [2.75, 3.05) is 45.3 Å². The Morgan fingerprint density at radius 2 is 2.08 bits per heavy atom. The highest BCUT2D eigenvalue weighted by molar-refractivity contribution is 7.89. The molecule has 2 N–H and O–H groups in total. The second kappa shape index (κ2) is 9.01. The number of ether oxygens (including phenoxy) is 2. The van der Waals surface area contributed by atoms with Crippen LogP contribution in [0.4, 0.5) is 5.69 Å². The first kappa shape index (κ1) is 20.9. The number of sulfonamides is 1. The molecule has 0 spiro atoms. The molecule has 1 unspecified atom stereocenters. The predicted octanol–water partition coefficient (Wildman–Crippen LogP) is 0.828. The summed E-state index contributed by atoms with van der Waals surface area (Å²) in [6.45, 7) is 2.56. The summed E-state index contributed by atoms with van der Waals surface area (Å²) in [6.07, 6.45) is 1.73. The monoisotopic (exact) mass is 405 g/mol. The molecule has 2 fully saturated rings. The molecule has 0 bridgehead atoms. The molecule has 2 saturated heterocycles. The lowest BCUT2D eigenvalue weighted by Gasteiger charge is -2.23. The van der Waals surface area contributed by atoms with Gasteiger partial charge in [-0.25, -0.2) is 8.42 Å². The predicted molar refractivity (Wildman–Crippen MR) is 99.5 cm³/mol. The maximum absolute atomic E-state index is 12.7. The molecule has 0 saturated carbocycles. The highest BCUT2D eigenvalue weighted by Gasteiger charge is 2.30. The minimum Gasteiger partial charge on any atom is -0.495 e. The normalized spacial score (nSPS) is 21.0. The highest BCUT2D eigenvalue weighted by atomic mass is 35.5. The van der Waals surface area contributed by atoms with Gasteiger partial charge in [0, 0.05) is 31.4 Å². The van der Waals surface area contributed by atoms with E-state index in [0.717, 1.165) is 12.8 Å². The third kappa shape index (κ3) is 4.47. The summed E-state index contributed by atoms with van der Waals surface area (Å²) in [7, 11) is -2.17. The summed E-state index contributed by atoms with van der Waals surface area (Å²) in [5, 5.41) is 5.83. The van der Waals surface area contributed by atoms with Crippen molar-refractivity contribution in [2.45, 2.75) is 23.8 Å². The van der Waals surface area contributed by atoms with Gasteiger partial charge in [0.25, 0.3) is 0 Å². The van der Waals surface area contributed by atoms with E-state index in [2.05, 4.69) is 10.6 Å². The van der Waals surface area contributed by atoms with E-state index in [9.17, 15) is 13.2 Å². The molecule has 0 radical (unpaired) electrons. The molecule has 10 heteroatoms. The van der Waals surface area contributed by atoms with Gasteiger partial charge in [0.1, 0.15) is 16.7 Å². The number of halogens is 1. The average Bonchev–Trinajstić information content (AvgIpc) is 3.17. The Labute approximate surface area is 159 Å². The number of morpholine rings is 1. The number of carbonyl (C=O) groups excluding carboxylic acids is 1. The molecule has 1 atom stereocenters. The van der Waals surface area contributed by atoms with Crippen LogP contribution in [0.5, 0.6) is 5.75 Å². The smallest absolute Gasteiger partial charge is 0.246 e. The second-order valence-corrected chi connectivity index (χ2v) is 7.95. The van der Waals surface area contributed by atoms with Crippen molar-refractivity contribution >= 4 is 34.0 Å². The molecular formula is C16H24ClN3O5S. The molecule has 3 rings (SSSR count). The summed E-state index contributed by atoms with van der Waals surface area (Å²) >= 11 is 0. The molecule has 0 aliphatic carbocycles. The van der Waals surface area contributed by atoms with E-state index in [1.807, 2.05) is 0 Å². The van der Waals surface area contributed by atoms with Crippen LogP contribution in [0, 0.1) is 0 Å². The van der Waals surface area contributed by atoms with Gasteiger partial charge < -0.3 is 20.1 Å². The largest absolute Gasteiger partial charge is 0.495 e. The summed E-state index contributed by atoms with van der Waals surface area (Å²) in [5.41, 5.74) is 0.481. The van der Waals surface area contributed by atoms with E-state index in [4.69, 9.17) is 9.47 Å². The standard InChI is InChI=1S/C16H23N3O5S.ClH/c1-23-14-10-12(18-16(20)13-11-24-9-6-17-13)4-5-15(14)25(21,22)19-7-2-3-8-19;/h4-5,10,13,17H,2-3,6-9,11H2,1H3,(H,18,20);1H. The van der Waals surface area contributed by atoms with Crippen molar-refractivity contribution in [2.24, 2.45) is 0 Å². The van der Waals surface area contributed by atoms with Crippen LogP contribution in [0.15, 0.2) is 23.1 Å². The Hall–Kier alpha value is -1.39. The van der Waals surface area contributed by atoms with Gasteiger partial charge in [-0.15, -0.1) is 12.4 Å². The first-order valence-corrected chi connectivity index (χ1v) is 9.76. The van der Waals surface area contributed by atoms with Gasteiger partial charge in [0.05, 0.1) is 20.3 Å². The molecule has 1 aromatic carbocycles.